The molecule has 2 aromatic rings. The van der Waals surface area contributed by atoms with Gasteiger partial charge in [0.15, 0.2) is 0 Å². The van der Waals surface area contributed by atoms with Crippen LogP contribution in [0.1, 0.15) is 10.4 Å². The lowest BCUT2D eigenvalue weighted by Crippen LogP contribution is -2.48. The van der Waals surface area contributed by atoms with Crippen LogP contribution in [0.4, 0.5) is 5.69 Å². The molecular formula is C16H19NOSi. The van der Waals surface area contributed by atoms with Crippen molar-refractivity contribution in [2.24, 2.45) is 0 Å². The average molecular weight is 269 g/mol. The summed E-state index contributed by atoms with van der Waals surface area (Å²) < 4.78 is 0. The molecule has 0 spiro atoms. The van der Waals surface area contributed by atoms with Crippen molar-refractivity contribution in [3.05, 3.63) is 60.2 Å². The summed E-state index contributed by atoms with van der Waals surface area (Å²) in [5.41, 5.74) is 1.73. The zero-order valence-electron chi connectivity index (χ0n) is 11.4. The highest BCUT2D eigenvalue weighted by molar-refractivity contribution is 6.90. The molecule has 1 N–H and O–H groups in total. The Morgan fingerprint density at radius 2 is 1.79 bits per heavy atom. The molecule has 0 bridgehead atoms. The molecule has 0 fully saturated rings. The van der Waals surface area contributed by atoms with E-state index >= 15 is 0 Å². The minimum Gasteiger partial charge on any atom is -0.388 e. The van der Waals surface area contributed by atoms with Crippen LogP contribution < -0.4 is 10.5 Å². The second kappa shape index (κ2) is 5.84. The van der Waals surface area contributed by atoms with E-state index in [-0.39, 0.29) is 0 Å². The van der Waals surface area contributed by atoms with E-state index in [9.17, 15) is 4.79 Å². The first-order valence-electron chi connectivity index (χ1n) is 6.46. The minimum atomic E-state index is -1.49. The third-order valence-electron chi connectivity index (χ3n) is 3.31. The number of carbonyl (C=O) groups excluding carboxylic acids is 1. The van der Waals surface area contributed by atoms with Crippen LogP contribution in [0.2, 0.25) is 13.1 Å². The van der Waals surface area contributed by atoms with Gasteiger partial charge in [0, 0.05) is 17.4 Å². The molecular weight excluding hydrogens is 250 g/mol. The van der Waals surface area contributed by atoms with Crippen molar-refractivity contribution in [2.45, 2.75) is 13.1 Å². The summed E-state index contributed by atoms with van der Waals surface area (Å²) in [4.78, 5) is 10.8. The van der Waals surface area contributed by atoms with Crippen LogP contribution in [-0.2, 0) is 0 Å². The molecule has 0 atom stereocenters. The molecule has 2 aromatic carbocycles. The monoisotopic (exact) mass is 269 g/mol. The molecule has 3 heteroatoms. The molecule has 19 heavy (non-hydrogen) atoms. The Kier molecular flexibility index (Phi) is 4.17. The molecule has 2 nitrogen and oxygen atoms in total. The topological polar surface area (TPSA) is 29.1 Å². The Balaban J connectivity index is 2.07. The predicted octanol–water partition coefficient (Wildman–Crippen LogP) is 3.07. The SMILES string of the molecule is C[Si](C)(CNc1cccc(C=O)c1)c1ccccc1. The first-order chi connectivity index (χ1) is 9.12. The van der Waals surface area contributed by atoms with E-state index in [1.54, 1.807) is 0 Å². The molecule has 0 radical (unpaired) electrons. The van der Waals surface area contributed by atoms with Gasteiger partial charge in [-0.25, -0.2) is 0 Å². The van der Waals surface area contributed by atoms with E-state index in [2.05, 4.69) is 48.7 Å². The van der Waals surface area contributed by atoms with Gasteiger partial charge in [0.1, 0.15) is 14.4 Å². The Hall–Kier alpha value is -1.87. The minimum absolute atomic E-state index is 0.712. The van der Waals surface area contributed by atoms with Crippen LogP contribution in [0.15, 0.2) is 54.6 Å². The second-order valence-electron chi connectivity index (χ2n) is 5.35. The molecule has 0 unspecified atom stereocenters. The first-order valence-corrected chi connectivity index (χ1v) is 9.67. The lowest BCUT2D eigenvalue weighted by atomic mass is 10.2. The second-order valence-corrected chi connectivity index (χ2v) is 10.0. The van der Waals surface area contributed by atoms with Gasteiger partial charge >= 0.3 is 0 Å². The van der Waals surface area contributed by atoms with Gasteiger partial charge in [-0.3, -0.25) is 4.79 Å². The molecule has 0 heterocycles. The summed E-state index contributed by atoms with van der Waals surface area (Å²) in [5, 5.41) is 4.90. The molecule has 0 saturated heterocycles. The van der Waals surface area contributed by atoms with Gasteiger partial charge in [0.05, 0.1) is 0 Å². The summed E-state index contributed by atoms with van der Waals surface area (Å²) in [6, 6.07) is 18.3. The summed E-state index contributed by atoms with van der Waals surface area (Å²) in [6.07, 6.45) is 1.84. The highest BCUT2D eigenvalue weighted by atomic mass is 28.3. The van der Waals surface area contributed by atoms with Crippen molar-refractivity contribution in [3.8, 4) is 0 Å². The van der Waals surface area contributed by atoms with E-state index in [4.69, 9.17) is 0 Å². The highest BCUT2D eigenvalue weighted by Crippen LogP contribution is 2.11. The number of carbonyl (C=O) groups is 1. The summed E-state index contributed by atoms with van der Waals surface area (Å²) in [5.74, 6) is 0. The van der Waals surface area contributed by atoms with Gasteiger partial charge in [-0.15, -0.1) is 0 Å². The quantitative estimate of drug-likeness (QED) is 0.667. The molecule has 98 valence electrons. The van der Waals surface area contributed by atoms with E-state index in [1.807, 2.05) is 24.3 Å². The summed E-state index contributed by atoms with van der Waals surface area (Å²) in [7, 11) is -1.49. The molecule has 2 rings (SSSR count). The summed E-state index contributed by atoms with van der Waals surface area (Å²) >= 11 is 0. The van der Waals surface area contributed by atoms with Gasteiger partial charge < -0.3 is 5.32 Å². The van der Waals surface area contributed by atoms with Crippen LogP contribution in [0.5, 0.6) is 0 Å². The van der Waals surface area contributed by atoms with Crippen LogP contribution in [0, 0.1) is 0 Å². The Labute approximate surface area is 115 Å². The molecule has 0 aromatic heterocycles. The fourth-order valence-corrected chi connectivity index (χ4v) is 3.98. The van der Waals surface area contributed by atoms with Crippen molar-refractivity contribution in [3.63, 3.8) is 0 Å². The van der Waals surface area contributed by atoms with Gasteiger partial charge in [-0.05, 0) is 12.1 Å². The number of aldehydes is 1. The van der Waals surface area contributed by atoms with Crippen molar-refractivity contribution < 1.29 is 4.79 Å². The van der Waals surface area contributed by atoms with Gasteiger partial charge in [-0.1, -0.05) is 60.7 Å². The maximum atomic E-state index is 10.8. The van der Waals surface area contributed by atoms with Gasteiger partial charge in [0.25, 0.3) is 0 Å². The highest BCUT2D eigenvalue weighted by Gasteiger charge is 2.22. The summed E-state index contributed by atoms with van der Waals surface area (Å²) in [6.45, 7) is 4.69. The van der Waals surface area contributed by atoms with Crippen LogP contribution in [0.25, 0.3) is 0 Å². The van der Waals surface area contributed by atoms with E-state index in [0.717, 1.165) is 18.1 Å². The van der Waals surface area contributed by atoms with Crippen molar-refractivity contribution >= 4 is 25.2 Å². The molecule has 0 saturated carbocycles. The van der Waals surface area contributed by atoms with Gasteiger partial charge in [-0.2, -0.15) is 0 Å². The Morgan fingerprint density at radius 3 is 2.47 bits per heavy atom. The first kappa shape index (κ1) is 13.6. The zero-order chi connectivity index (χ0) is 13.7. The van der Waals surface area contributed by atoms with Crippen LogP contribution in [0.3, 0.4) is 0 Å². The number of nitrogens with one attached hydrogen (secondary N) is 1. The number of anilines is 1. The molecule has 0 amide bonds. The Bertz CT molecular complexity index is 552. The lowest BCUT2D eigenvalue weighted by molar-refractivity contribution is 0.112. The van der Waals surface area contributed by atoms with Gasteiger partial charge in [0.2, 0.25) is 0 Å². The van der Waals surface area contributed by atoms with E-state index in [1.165, 1.54) is 5.19 Å². The number of hydrogen-bond donors (Lipinski definition) is 1. The third-order valence-corrected chi connectivity index (χ3v) is 6.27. The van der Waals surface area contributed by atoms with E-state index < -0.39 is 8.07 Å². The lowest BCUT2D eigenvalue weighted by Gasteiger charge is -2.24. The zero-order valence-corrected chi connectivity index (χ0v) is 12.4. The molecule has 0 aliphatic heterocycles. The number of rotatable bonds is 5. The number of benzene rings is 2. The Morgan fingerprint density at radius 1 is 1.05 bits per heavy atom. The normalized spacial score (nSPS) is 11.1. The standard InChI is InChI=1S/C16H19NOSi/c1-19(2,16-9-4-3-5-10-16)13-17-15-8-6-7-14(11-15)12-18/h3-12,17H,13H2,1-2H3. The maximum Gasteiger partial charge on any atom is 0.150 e. The van der Waals surface area contributed by atoms with Crippen molar-refractivity contribution in [2.75, 3.05) is 11.5 Å². The van der Waals surface area contributed by atoms with Crippen molar-refractivity contribution in [1.29, 1.82) is 0 Å². The van der Waals surface area contributed by atoms with Crippen LogP contribution in [-0.4, -0.2) is 20.5 Å². The molecule has 0 aliphatic carbocycles. The third kappa shape index (κ3) is 3.55. The fourth-order valence-electron chi connectivity index (χ4n) is 2.04. The van der Waals surface area contributed by atoms with Crippen LogP contribution >= 0.6 is 0 Å². The average Bonchev–Trinajstić information content (AvgIpc) is 2.46. The maximum absolute atomic E-state index is 10.8. The fraction of sp³-hybridized carbons (Fsp3) is 0.188. The number of hydrogen-bond acceptors (Lipinski definition) is 2. The largest absolute Gasteiger partial charge is 0.388 e. The smallest absolute Gasteiger partial charge is 0.150 e. The van der Waals surface area contributed by atoms with Crippen molar-refractivity contribution in [1.82, 2.24) is 0 Å². The molecule has 0 aliphatic rings. The van der Waals surface area contributed by atoms with E-state index in [0.29, 0.717) is 5.56 Å². The predicted molar refractivity (Wildman–Crippen MR) is 83.9 cm³/mol.